The summed E-state index contributed by atoms with van der Waals surface area (Å²) in [7, 11) is -1.95. The number of halogens is 1. The number of methoxy groups -OCH3 is 1. The van der Waals surface area contributed by atoms with E-state index in [1.807, 2.05) is 51.4 Å². The van der Waals surface area contributed by atoms with Crippen molar-refractivity contribution in [1.29, 1.82) is 5.41 Å². The van der Waals surface area contributed by atoms with Gasteiger partial charge in [0.15, 0.2) is 22.7 Å². The van der Waals surface area contributed by atoms with E-state index in [2.05, 4.69) is 25.9 Å². The van der Waals surface area contributed by atoms with Crippen LogP contribution in [0.1, 0.15) is 67.2 Å². The number of rotatable bonds is 15. The summed E-state index contributed by atoms with van der Waals surface area (Å²) in [6.45, 7) is 12.6. The lowest BCUT2D eigenvalue weighted by molar-refractivity contribution is -0.588. The molecule has 2 aromatic rings. The summed E-state index contributed by atoms with van der Waals surface area (Å²) >= 11 is 0. The maximum absolute atomic E-state index is 15.2. The lowest BCUT2D eigenvalue weighted by Crippen LogP contribution is -2.78. The number of carbonyl (C=O) groups is 2. The van der Waals surface area contributed by atoms with Crippen LogP contribution in [0.2, 0.25) is 0 Å². The molecule has 18 heteroatoms. The highest BCUT2D eigenvalue weighted by molar-refractivity contribution is 7.90. The van der Waals surface area contributed by atoms with E-state index in [-0.39, 0.29) is 42.9 Å². The number of quaternary nitrogens is 1. The van der Waals surface area contributed by atoms with Gasteiger partial charge < -0.3 is 40.2 Å². The van der Waals surface area contributed by atoms with Crippen molar-refractivity contribution in [2.45, 2.75) is 90.6 Å². The molecule has 0 aromatic carbocycles. The van der Waals surface area contributed by atoms with Crippen LogP contribution in [0.15, 0.2) is 18.2 Å². The summed E-state index contributed by atoms with van der Waals surface area (Å²) in [5.74, 6) is -0.527. The summed E-state index contributed by atoms with van der Waals surface area (Å²) in [5, 5.41) is 18.9. The normalized spacial score (nSPS) is 17.2. The van der Waals surface area contributed by atoms with Crippen LogP contribution in [0.4, 0.5) is 21.0 Å². The van der Waals surface area contributed by atoms with Crippen LogP contribution in [0, 0.1) is 5.41 Å². The van der Waals surface area contributed by atoms with Gasteiger partial charge in [-0.3, -0.25) is 10.2 Å². The Morgan fingerprint density at radius 2 is 1.86 bits per heavy atom. The fraction of sp³-hybridized carbons (Fsp3) is 0.677. The van der Waals surface area contributed by atoms with Crippen molar-refractivity contribution in [3.8, 4) is 0 Å². The van der Waals surface area contributed by atoms with Crippen molar-refractivity contribution in [3.05, 3.63) is 18.2 Å². The van der Waals surface area contributed by atoms with E-state index in [9.17, 15) is 18.0 Å². The lowest BCUT2D eigenvalue weighted by atomic mass is 10.1. The number of hydrogen-bond donors (Lipinski definition) is 5. The van der Waals surface area contributed by atoms with Gasteiger partial charge in [-0.05, 0) is 60.8 Å². The van der Waals surface area contributed by atoms with E-state index in [1.54, 1.807) is 17.4 Å². The number of aromatic nitrogens is 4. The molecule has 0 bridgehead atoms. The third-order valence-electron chi connectivity index (χ3n) is 7.39. The van der Waals surface area contributed by atoms with Crippen molar-refractivity contribution in [1.82, 2.24) is 30.2 Å². The Hall–Kier alpha value is -4.06. The minimum absolute atomic E-state index is 0.0675. The number of imidazole rings is 1. The highest BCUT2D eigenvalue weighted by Crippen LogP contribution is 2.29. The van der Waals surface area contributed by atoms with Gasteiger partial charge in [0.2, 0.25) is 17.8 Å². The molecule has 3 rings (SSSR count). The molecule has 3 heterocycles. The van der Waals surface area contributed by atoms with E-state index in [4.69, 9.17) is 19.9 Å². The van der Waals surface area contributed by atoms with Crippen molar-refractivity contribution in [2.24, 2.45) is 0 Å². The number of amides is 2. The molecule has 0 radical (unpaired) electrons. The second-order valence-electron chi connectivity index (χ2n) is 14.1. The summed E-state index contributed by atoms with van der Waals surface area (Å²) in [6.07, 6.45) is 4.80. The summed E-state index contributed by atoms with van der Waals surface area (Å²) in [5.41, 5.74) is 0.300. The van der Waals surface area contributed by atoms with Gasteiger partial charge in [0.25, 0.3) is 0 Å². The van der Waals surface area contributed by atoms with Crippen molar-refractivity contribution in [2.75, 3.05) is 55.5 Å². The number of unbranched alkanes of at least 4 members (excludes halogenated alkanes) is 2. The standard InChI is InChI=1S/C31H51FN10O6S/c1-30(2,3)42-19-36-24-26(38-21(25(33)47-7)16-34-13-10-9-11-14-35-29(44)48-31(4,5)6)39-28(40-27(24)42)41-17-20(32)22(18-41)37-23(43)12-15-49(8,45)46/h16,19-20,22,33-34H,9-15,17-18H2,1-8H3,(H,35,44)(H,37,43)(H,38,39,40)/p+1/b21-16+,33-25?/t20-,22?/m1/s1. The minimum atomic E-state index is -3.34. The molecular formula is C31H52FN10O6S+. The predicted molar refractivity (Wildman–Crippen MR) is 185 cm³/mol. The smallest absolute Gasteiger partial charge is 0.407 e. The first-order valence-corrected chi connectivity index (χ1v) is 18.4. The number of nitrogens with zero attached hydrogens (tertiary/aromatic N) is 5. The van der Waals surface area contributed by atoms with Gasteiger partial charge in [0.05, 0.1) is 38.3 Å². The molecule has 1 saturated heterocycles. The van der Waals surface area contributed by atoms with E-state index in [0.29, 0.717) is 30.0 Å². The van der Waals surface area contributed by atoms with E-state index < -0.39 is 45.2 Å². The number of nitrogens with one attached hydrogen (secondary N) is 4. The van der Waals surface area contributed by atoms with Crippen LogP contribution in [0.25, 0.3) is 11.2 Å². The van der Waals surface area contributed by atoms with Crippen LogP contribution in [0.5, 0.6) is 0 Å². The molecule has 0 aliphatic carbocycles. The van der Waals surface area contributed by atoms with Crippen LogP contribution in [0.3, 0.4) is 0 Å². The third-order valence-corrected chi connectivity index (χ3v) is 8.33. The fourth-order valence-corrected chi connectivity index (χ4v) is 5.47. The SMILES string of the molecule is COC(=N)/C(=C\[NH2+]CCCCCNC(=O)OC(C)(C)C)Nc1nc(N2CC(NC(=O)CCS(C)(=O)=O)[C@H](F)C2)nc2c1ncn2C(C)(C)C. The Balaban J connectivity index is 1.74. The van der Waals surface area contributed by atoms with Gasteiger partial charge in [-0.25, -0.2) is 22.6 Å². The highest BCUT2D eigenvalue weighted by atomic mass is 32.2. The molecule has 0 spiro atoms. The largest absolute Gasteiger partial charge is 0.480 e. The van der Waals surface area contributed by atoms with Crippen LogP contribution in [-0.2, 0) is 29.6 Å². The molecule has 1 aliphatic heterocycles. The van der Waals surface area contributed by atoms with Crippen LogP contribution < -0.4 is 26.2 Å². The van der Waals surface area contributed by atoms with Crippen molar-refractivity contribution in [3.63, 3.8) is 0 Å². The maximum Gasteiger partial charge on any atom is 0.407 e. The molecule has 274 valence electrons. The molecule has 49 heavy (non-hydrogen) atoms. The van der Waals surface area contributed by atoms with E-state index >= 15 is 4.39 Å². The Morgan fingerprint density at radius 3 is 2.49 bits per heavy atom. The molecule has 1 unspecified atom stereocenters. The Morgan fingerprint density at radius 1 is 1.14 bits per heavy atom. The van der Waals surface area contributed by atoms with E-state index in [1.165, 1.54) is 7.11 Å². The third kappa shape index (κ3) is 12.4. The lowest BCUT2D eigenvalue weighted by Gasteiger charge is -2.22. The second kappa shape index (κ2) is 16.6. The monoisotopic (exact) mass is 711 g/mol. The summed E-state index contributed by atoms with van der Waals surface area (Å²) < 4.78 is 50.4. The highest BCUT2D eigenvalue weighted by Gasteiger charge is 2.36. The average Bonchev–Trinajstić information content (AvgIpc) is 3.58. The molecule has 2 aromatic heterocycles. The Bertz CT molecular complexity index is 1620. The van der Waals surface area contributed by atoms with Crippen molar-refractivity contribution >= 4 is 50.7 Å². The number of anilines is 2. The molecule has 1 aliphatic rings. The number of hydrogen-bond acceptors (Lipinski definition) is 12. The molecule has 16 nitrogen and oxygen atoms in total. The minimum Gasteiger partial charge on any atom is -0.480 e. The Kier molecular flexibility index (Phi) is 13.3. The van der Waals surface area contributed by atoms with Gasteiger partial charge in [0.1, 0.15) is 27.8 Å². The number of ether oxygens (including phenoxy) is 2. The predicted octanol–water partition coefficient (Wildman–Crippen LogP) is 1.79. The number of alkyl halides is 1. The topological polar surface area (TPSA) is 210 Å². The number of carbonyl (C=O) groups excluding carboxylic acids is 2. The molecule has 0 saturated carbocycles. The number of alkyl carbamates (subject to hydrolysis) is 1. The molecule has 6 N–H and O–H groups in total. The number of fused-ring (bicyclic) bond motifs is 1. The second-order valence-corrected chi connectivity index (χ2v) is 16.3. The first-order chi connectivity index (χ1) is 22.8. The molecule has 2 atom stereocenters. The first kappa shape index (κ1) is 39.4. The van der Waals surface area contributed by atoms with Crippen LogP contribution >= 0.6 is 0 Å². The van der Waals surface area contributed by atoms with Gasteiger partial charge >= 0.3 is 6.09 Å². The summed E-state index contributed by atoms with van der Waals surface area (Å²) in [6, 6.07) is -0.880. The number of sulfone groups is 1. The van der Waals surface area contributed by atoms with E-state index in [0.717, 1.165) is 25.5 Å². The van der Waals surface area contributed by atoms with Gasteiger partial charge in [-0.2, -0.15) is 9.97 Å². The Labute approximate surface area is 287 Å². The van der Waals surface area contributed by atoms with Gasteiger partial charge in [0, 0.05) is 31.3 Å². The van der Waals surface area contributed by atoms with Crippen molar-refractivity contribution < 1.29 is 37.2 Å². The number of nitrogens with two attached hydrogens (primary N) is 1. The average molecular weight is 712 g/mol. The fourth-order valence-electron chi connectivity index (χ4n) is 4.91. The quantitative estimate of drug-likeness (QED) is 0.102. The first-order valence-electron chi connectivity index (χ1n) is 16.3. The summed E-state index contributed by atoms with van der Waals surface area (Å²) in [4.78, 5) is 39.8. The maximum atomic E-state index is 15.2. The van der Waals surface area contributed by atoms with Gasteiger partial charge in [-0.15, -0.1) is 0 Å². The molecular weight excluding hydrogens is 659 g/mol. The zero-order valence-corrected chi connectivity index (χ0v) is 30.5. The van der Waals surface area contributed by atoms with Gasteiger partial charge in [-0.1, -0.05) is 0 Å². The zero-order chi connectivity index (χ0) is 36.6. The molecule has 2 amide bonds. The zero-order valence-electron chi connectivity index (χ0n) is 29.7. The van der Waals surface area contributed by atoms with Crippen LogP contribution in [-0.4, -0.2) is 109 Å². The molecule has 1 fully saturated rings.